The highest BCUT2D eigenvalue weighted by atomic mass is 16.2. The summed E-state index contributed by atoms with van der Waals surface area (Å²) in [6, 6.07) is -0.200. The van der Waals surface area contributed by atoms with Gasteiger partial charge in [-0.2, -0.15) is 5.10 Å². The lowest BCUT2D eigenvalue weighted by atomic mass is 10.2. The van der Waals surface area contributed by atoms with E-state index < -0.39 is 0 Å². The number of carbonyl (C=O) groups is 1. The Kier molecular flexibility index (Phi) is 4.76. The van der Waals surface area contributed by atoms with Crippen LogP contribution in [0.1, 0.15) is 52.0 Å². The Bertz CT molecular complexity index is 423. The van der Waals surface area contributed by atoms with Crippen LogP contribution in [0.4, 0.5) is 5.69 Å². The van der Waals surface area contributed by atoms with E-state index in [1.807, 2.05) is 34.6 Å². The van der Waals surface area contributed by atoms with Gasteiger partial charge in [0.15, 0.2) is 0 Å². The van der Waals surface area contributed by atoms with Crippen LogP contribution >= 0.6 is 0 Å². The van der Waals surface area contributed by atoms with Gasteiger partial charge in [-0.05, 0) is 33.6 Å². The molecule has 0 aliphatic heterocycles. The summed E-state index contributed by atoms with van der Waals surface area (Å²) in [5.41, 5.74) is 8.59. The van der Waals surface area contributed by atoms with Crippen molar-refractivity contribution in [3.63, 3.8) is 0 Å². The van der Waals surface area contributed by atoms with Gasteiger partial charge >= 0.3 is 0 Å². The van der Waals surface area contributed by atoms with Crippen molar-refractivity contribution in [1.29, 1.82) is 0 Å². The first-order valence-electron chi connectivity index (χ1n) is 6.58. The van der Waals surface area contributed by atoms with Crippen LogP contribution in [-0.4, -0.2) is 21.7 Å². The zero-order chi connectivity index (χ0) is 13.9. The predicted molar refractivity (Wildman–Crippen MR) is 73.4 cm³/mol. The molecule has 0 saturated carbocycles. The molecule has 1 amide bonds. The summed E-state index contributed by atoms with van der Waals surface area (Å²) in [6.45, 7) is 9.78. The maximum Gasteiger partial charge on any atom is 0.244 e. The first-order chi connectivity index (χ1) is 8.42. The Balaban J connectivity index is 3.05. The van der Waals surface area contributed by atoms with Crippen molar-refractivity contribution < 1.29 is 4.79 Å². The number of aryl methyl sites for hydroxylation is 1. The molecule has 3 N–H and O–H groups in total. The number of amides is 1. The third-order valence-corrected chi connectivity index (χ3v) is 2.97. The second-order valence-electron chi connectivity index (χ2n) is 4.80. The minimum absolute atomic E-state index is 0.0233. The molecule has 0 aromatic carbocycles. The molecule has 1 atom stereocenters. The summed E-state index contributed by atoms with van der Waals surface area (Å²) in [5, 5.41) is 7.36. The van der Waals surface area contributed by atoms with Gasteiger partial charge in [0, 0.05) is 6.04 Å². The molecule has 0 saturated heterocycles. The quantitative estimate of drug-likeness (QED) is 0.837. The normalized spacial score (nSPS) is 12.8. The summed E-state index contributed by atoms with van der Waals surface area (Å²) in [7, 11) is 0. The lowest BCUT2D eigenvalue weighted by Crippen LogP contribution is -2.36. The number of nitrogens with two attached hydrogens (primary N) is 1. The molecule has 0 aliphatic carbocycles. The van der Waals surface area contributed by atoms with E-state index in [4.69, 9.17) is 5.73 Å². The highest BCUT2D eigenvalue weighted by Crippen LogP contribution is 2.22. The van der Waals surface area contributed by atoms with Crippen LogP contribution in [0.15, 0.2) is 0 Å². The van der Waals surface area contributed by atoms with Crippen LogP contribution < -0.4 is 11.1 Å². The second-order valence-corrected chi connectivity index (χ2v) is 4.80. The summed E-state index contributed by atoms with van der Waals surface area (Å²) in [5.74, 6) is -0.0233. The minimum Gasteiger partial charge on any atom is -0.396 e. The predicted octanol–water partition coefficient (Wildman–Crippen LogP) is 1.68. The number of hydrogen-bond acceptors (Lipinski definition) is 3. The van der Waals surface area contributed by atoms with Crippen LogP contribution in [-0.2, 0) is 17.6 Å². The highest BCUT2D eigenvalue weighted by molar-refractivity contribution is 5.80. The van der Waals surface area contributed by atoms with Gasteiger partial charge in [-0.3, -0.25) is 9.48 Å². The van der Waals surface area contributed by atoms with Gasteiger partial charge in [-0.25, -0.2) is 0 Å². The fraction of sp³-hybridized carbons (Fsp3) is 0.692. The van der Waals surface area contributed by atoms with Crippen molar-refractivity contribution in [2.24, 2.45) is 0 Å². The molecule has 1 heterocycles. The standard InChI is InChI=1S/C13H24N4O/c1-6-10-12(14)11(7-2)17(16-10)9(5)13(18)15-8(3)4/h8-9H,6-7,14H2,1-5H3,(H,15,18). The molecule has 0 fully saturated rings. The summed E-state index contributed by atoms with van der Waals surface area (Å²) in [6.07, 6.45) is 1.56. The van der Waals surface area contributed by atoms with Crippen LogP contribution in [0.3, 0.4) is 0 Å². The maximum atomic E-state index is 12.0. The van der Waals surface area contributed by atoms with E-state index in [0.717, 1.165) is 29.9 Å². The van der Waals surface area contributed by atoms with Crippen molar-refractivity contribution in [3.8, 4) is 0 Å². The zero-order valence-corrected chi connectivity index (χ0v) is 11.9. The minimum atomic E-state index is -0.329. The molecular formula is C13H24N4O. The van der Waals surface area contributed by atoms with Crippen molar-refractivity contribution in [1.82, 2.24) is 15.1 Å². The maximum absolute atomic E-state index is 12.0. The van der Waals surface area contributed by atoms with E-state index in [1.54, 1.807) is 4.68 Å². The lowest BCUT2D eigenvalue weighted by Gasteiger charge is -2.17. The molecule has 1 rings (SSSR count). The van der Waals surface area contributed by atoms with Crippen LogP contribution in [0, 0.1) is 0 Å². The summed E-state index contributed by atoms with van der Waals surface area (Å²) < 4.78 is 1.76. The first kappa shape index (κ1) is 14.5. The third kappa shape index (κ3) is 2.83. The number of rotatable bonds is 5. The lowest BCUT2D eigenvalue weighted by molar-refractivity contribution is -0.124. The number of nitrogens with zero attached hydrogens (tertiary/aromatic N) is 2. The number of nitrogen functional groups attached to an aromatic ring is 1. The van der Waals surface area contributed by atoms with E-state index in [-0.39, 0.29) is 18.0 Å². The molecular weight excluding hydrogens is 228 g/mol. The molecule has 18 heavy (non-hydrogen) atoms. The van der Waals surface area contributed by atoms with Crippen molar-refractivity contribution in [3.05, 3.63) is 11.4 Å². The highest BCUT2D eigenvalue weighted by Gasteiger charge is 2.22. The Morgan fingerprint density at radius 1 is 1.33 bits per heavy atom. The van der Waals surface area contributed by atoms with E-state index in [1.165, 1.54) is 0 Å². The number of aromatic nitrogens is 2. The van der Waals surface area contributed by atoms with Gasteiger partial charge in [-0.15, -0.1) is 0 Å². The summed E-state index contributed by atoms with van der Waals surface area (Å²) >= 11 is 0. The Morgan fingerprint density at radius 3 is 2.39 bits per heavy atom. The fourth-order valence-electron chi connectivity index (χ4n) is 1.98. The van der Waals surface area contributed by atoms with E-state index >= 15 is 0 Å². The Morgan fingerprint density at radius 2 is 1.94 bits per heavy atom. The van der Waals surface area contributed by atoms with Crippen LogP contribution in [0.2, 0.25) is 0 Å². The Labute approximate surface area is 109 Å². The zero-order valence-electron chi connectivity index (χ0n) is 11.9. The van der Waals surface area contributed by atoms with Gasteiger partial charge < -0.3 is 11.1 Å². The number of anilines is 1. The molecule has 1 aromatic heterocycles. The number of hydrogen-bond donors (Lipinski definition) is 2. The molecule has 5 heteroatoms. The third-order valence-electron chi connectivity index (χ3n) is 2.97. The van der Waals surface area contributed by atoms with Gasteiger partial charge in [0.2, 0.25) is 5.91 Å². The average molecular weight is 252 g/mol. The molecule has 102 valence electrons. The number of carbonyl (C=O) groups excluding carboxylic acids is 1. The molecule has 0 bridgehead atoms. The molecule has 1 aromatic rings. The van der Waals surface area contributed by atoms with Crippen molar-refractivity contribution >= 4 is 11.6 Å². The van der Waals surface area contributed by atoms with Gasteiger partial charge in [0.25, 0.3) is 0 Å². The summed E-state index contributed by atoms with van der Waals surface area (Å²) in [4.78, 5) is 12.0. The van der Waals surface area contributed by atoms with Gasteiger partial charge in [0.05, 0.1) is 17.1 Å². The van der Waals surface area contributed by atoms with Gasteiger partial charge in [0.1, 0.15) is 6.04 Å². The van der Waals surface area contributed by atoms with Crippen molar-refractivity contribution in [2.45, 2.75) is 59.5 Å². The smallest absolute Gasteiger partial charge is 0.244 e. The molecule has 0 spiro atoms. The van der Waals surface area contributed by atoms with E-state index in [0.29, 0.717) is 0 Å². The van der Waals surface area contributed by atoms with E-state index in [9.17, 15) is 4.79 Å². The second kappa shape index (κ2) is 5.89. The molecule has 1 unspecified atom stereocenters. The van der Waals surface area contributed by atoms with Gasteiger partial charge in [-0.1, -0.05) is 13.8 Å². The first-order valence-corrected chi connectivity index (χ1v) is 6.58. The topological polar surface area (TPSA) is 72.9 Å². The number of nitrogens with one attached hydrogen (secondary N) is 1. The Hall–Kier alpha value is -1.52. The molecule has 0 radical (unpaired) electrons. The fourth-order valence-corrected chi connectivity index (χ4v) is 1.98. The van der Waals surface area contributed by atoms with Crippen LogP contribution in [0.25, 0.3) is 0 Å². The van der Waals surface area contributed by atoms with E-state index in [2.05, 4.69) is 10.4 Å². The largest absolute Gasteiger partial charge is 0.396 e. The SMILES string of the molecule is CCc1nn(C(C)C(=O)NC(C)C)c(CC)c1N. The van der Waals surface area contributed by atoms with Crippen LogP contribution in [0.5, 0.6) is 0 Å². The molecule has 0 aliphatic rings. The van der Waals surface area contributed by atoms with Crippen molar-refractivity contribution in [2.75, 3.05) is 5.73 Å². The average Bonchev–Trinajstić information content (AvgIpc) is 2.63. The monoisotopic (exact) mass is 252 g/mol. The molecule has 5 nitrogen and oxygen atoms in total.